The van der Waals surface area contributed by atoms with E-state index in [9.17, 15) is 35.9 Å². The first-order valence-corrected chi connectivity index (χ1v) is 12.3. The zero-order valence-electron chi connectivity index (χ0n) is 19.1. The normalized spacial score (nSPS) is 14.5. The molecule has 1 fully saturated rings. The molecule has 0 bridgehead atoms. The summed E-state index contributed by atoms with van der Waals surface area (Å²) in [5.74, 6) is -4.31. The van der Waals surface area contributed by atoms with Gasteiger partial charge in [0.1, 0.15) is 5.82 Å². The molecule has 198 valence electrons. The molecule has 0 spiro atoms. The van der Waals surface area contributed by atoms with Crippen LogP contribution in [0.1, 0.15) is 22.8 Å². The second kappa shape index (κ2) is 12.0. The summed E-state index contributed by atoms with van der Waals surface area (Å²) in [5, 5.41) is 16.6. The standard InChI is InChI=1S/C20H24FN3O4S.C2HF3O2/c1-2-29(27,28)22-19-8-7-16(13-17(19)20(25)26)24-11-9-23(10-12-24)14-15-5-3-4-6-18(15)21;3-2(4,5)1(6)7/h3-8,13,22H,2,9-12,14H2,1H3,(H,25,26);(H,6,7). The first-order chi connectivity index (χ1) is 16.7. The maximum Gasteiger partial charge on any atom is 0.490 e. The molecule has 1 saturated heterocycles. The lowest BCUT2D eigenvalue weighted by atomic mass is 10.1. The zero-order valence-corrected chi connectivity index (χ0v) is 19.9. The van der Waals surface area contributed by atoms with E-state index in [-0.39, 0.29) is 22.8 Å². The maximum absolute atomic E-state index is 13.8. The van der Waals surface area contributed by atoms with E-state index in [0.717, 1.165) is 0 Å². The molecule has 1 aliphatic heterocycles. The number of aliphatic carboxylic acids is 1. The smallest absolute Gasteiger partial charge is 0.478 e. The monoisotopic (exact) mass is 535 g/mol. The Morgan fingerprint density at radius 3 is 2.11 bits per heavy atom. The lowest BCUT2D eigenvalue weighted by Gasteiger charge is -2.36. The summed E-state index contributed by atoms with van der Waals surface area (Å²) in [5.41, 5.74) is 1.34. The molecule has 1 heterocycles. The summed E-state index contributed by atoms with van der Waals surface area (Å²) in [6, 6.07) is 11.4. The van der Waals surface area contributed by atoms with E-state index >= 15 is 0 Å². The van der Waals surface area contributed by atoms with Crippen LogP contribution in [0, 0.1) is 5.82 Å². The number of alkyl halides is 3. The number of rotatable bonds is 7. The molecule has 9 nitrogen and oxygen atoms in total. The average Bonchev–Trinajstić information content (AvgIpc) is 2.81. The van der Waals surface area contributed by atoms with Gasteiger partial charge in [0.25, 0.3) is 0 Å². The largest absolute Gasteiger partial charge is 0.490 e. The molecule has 0 saturated carbocycles. The molecule has 0 aliphatic carbocycles. The fraction of sp³-hybridized carbons (Fsp3) is 0.364. The van der Waals surface area contributed by atoms with Gasteiger partial charge in [-0.2, -0.15) is 13.2 Å². The summed E-state index contributed by atoms with van der Waals surface area (Å²) in [6.07, 6.45) is -5.08. The first-order valence-electron chi connectivity index (χ1n) is 10.6. The third-order valence-corrected chi connectivity index (χ3v) is 6.50. The summed E-state index contributed by atoms with van der Waals surface area (Å²) < 4.78 is 71.5. The maximum atomic E-state index is 13.8. The Morgan fingerprint density at radius 1 is 1.03 bits per heavy atom. The molecule has 0 unspecified atom stereocenters. The Morgan fingerprint density at radius 2 is 1.61 bits per heavy atom. The van der Waals surface area contributed by atoms with Crippen LogP contribution in [0.25, 0.3) is 0 Å². The number of piperazine rings is 1. The van der Waals surface area contributed by atoms with Crippen molar-refractivity contribution in [3.05, 3.63) is 59.4 Å². The van der Waals surface area contributed by atoms with Gasteiger partial charge in [0.05, 0.1) is 17.0 Å². The van der Waals surface area contributed by atoms with Gasteiger partial charge in [-0.05, 0) is 31.2 Å². The molecule has 3 N–H and O–H groups in total. The lowest BCUT2D eigenvalue weighted by molar-refractivity contribution is -0.192. The van der Waals surface area contributed by atoms with Crippen LogP contribution in [-0.2, 0) is 21.4 Å². The predicted molar refractivity (Wildman–Crippen MR) is 124 cm³/mol. The van der Waals surface area contributed by atoms with Crippen molar-refractivity contribution in [2.45, 2.75) is 19.6 Å². The summed E-state index contributed by atoms with van der Waals surface area (Å²) >= 11 is 0. The number of nitrogens with zero attached hydrogens (tertiary/aromatic N) is 2. The van der Waals surface area contributed by atoms with E-state index in [0.29, 0.717) is 44.0 Å². The van der Waals surface area contributed by atoms with E-state index in [4.69, 9.17) is 9.90 Å². The van der Waals surface area contributed by atoms with Crippen LogP contribution in [0.3, 0.4) is 0 Å². The molecule has 0 amide bonds. The Balaban J connectivity index is 0.000000572. The van der Waals surface area contributed by atoms with Gasteiger partial charge in [0.2, 0.25) is 10.0 Å². The van der Waals surface area contributed by atoms with Crippen molar-refractivity contribution in [1.82, 2.24) is 4.90 Å². The van der Waals surface area contributed by atoms with Crippen molar-refractivity contribution in [1.29, 1.82) is 0 Å². The van der Waals surface area contributed by atoms with Crippen LogP contribution in [0.2, 0.25) is 0 Å². The van der Waals surface area contributed by atoms with Gasteiger partial charge in [0.15, 0.2) is 0 Å². The van der Waals surface area contributed by atoms with Crippen LogP contribution in [0.5, 0.6) is 0 Å². The third kappa shape index (κ3) is 8.37. The molecule has 0 radical (unpaired) electrons. The van der Waals surface area contributed by atoms with Crippen molar-refractivity contribution in [2.75, 3.05) is 41.6 Å². The minimum Gasteiger partial charge on any atom is -0.478 e. The minimum atomic E-state index is -5.08. The van der Waals surface area contributed by atoms with Gasteiger partial charge in [-0.15, -0.1) is 0 Å². The molecule has 3 rings (SSSR count). The second-order valence-corrected chi connectivity index (χ2v) is 9.71. The quantitative estimate of drug-likeness (QED) is 0.462. The molecule has 1 aliphatic rings. The SMILES string of the molecule is CCS(=O)(=O)Nc1ccc(N2CCN(Cc3ccccc3F)CC2)cc1C(=O)O.O=C(O)C(F)(F)F. The lowest BCUT2D eigenvalue weighted by Crippen LogP contribution is -2.46. The van der Waals surface area contributed by atoms with Crippen molar-refractivity contribution in [2.24, 2.45) is 0 Å². The van der Waals surface area contributed by atoms with Crippen LogP contribution in [-0.4, -0.2) is 73.6 Å². The number of benzene rings is 2. The second-order valence-electron chi connectivity index (χ2n) is 7.70. The summed E-state index contributed by atoms with van der Waals surface area (Å²) in [7, 11) is -3.57. The average molecular weight is 536 g/mol. The highest BCUT2D eigenvalue weighted by atomic mass is 32.2. The highest BCUT2D eigenvalue weighted by molar-refractivity contribution is 7.92. The van der Waals surface area contributed by atoms with Crippen molar-refractivity contribution >= 4 is 33.3 Å². The molecule has 14 heteroatoms. The number of hydrogen-bond donors (Lipinski definition) is 3. The Hall–Kier alpha value is -3.39. The molecule has 0 aromatic heterocycles. The van der Waals surface area contributed by atoms with Crippen molar-refractivity contribution in [3.63, 3.8) is 0 Å². The van der Waals surface area contributed by atoms with Crippen LogP contribution in [0.15, 0.2) is 42.5 Å². The Kier molecular flexibility index (Phi) is 9.64. The number of sulfonamides is 1. The van der Waals surface area contributed by atoms with Gasteiger partial charge in [0, 0.05) is 44.0 Å². The van der Waals surface area contributed by atoms with E-state index < -0.39 is 28.1 Å². The molecular weight excluding hydrogens is 510 g/mol. The number of halogens is 4. The number of carbonyl (C=O) groups is 2. The highest BCUT2D eigenvalue weighted by Gasteiger charge is 2.38. The molecule has 36 heavy (non-hydrogen) atoms. The van der Waals surface area contributed by atoms with Gasteiger partial charge in [-0.3, -0.25) is 9.62 Å². The van der Waals surface area contributed by atoms with E-state index in [1.807, 2.05) is 11.0 Å². The Labute approximate surface area is 205 Å². The van der Waals surface area contributed by atoms with Gasteiger partial charge < -0.3 is 15.1 Å². The van der Waals surface area contributed by atoms with Crippen molar-refractivity contribution < 1.29 is 45.8 Å². The van der Waals surface area contributed by atoms with Gasteiger partial charge >= 0.3 is 18.1 Å². The number of anilines is 2. The first kappa shape index (κ1) is 28.8. The fourth-order valence-corrected chi connectivity index (χ4v) is 3.92. The minimum absolute atomic E-state index is 0.0567. The fourth-order valence-electron chi connectivity index (χ4n) is 3.27. The topological polar surface area (TPSA) is 127 Å². The van der Waals surface area contributed by atoms with Gasteiger partial charge in [-0.1, -0.05) is 18.2 Å². The predicted octanol–water partition coefficient (Wildman–Crippen LogP) is 3.24. The third-order valence-electron chi connectivity index (χ3n) is 5.21. The number of carboxylic acids is 2. The van der Waals surface area contributed by atoms with Crippen LogP contribution in [0.4, 0.5) is 28.9 Å². The van der Waals surface area contributed by atoms with E-state index in [2.05, 4.69) is 9.62 Å². The molecular formula is C22H25F4N3O6S. The summed E-state index contributed by atoms with van der Waals surface area (Å²) in [6.45, 7) is 4.75. The molecule has 2 aromatic carbocycles. The Bertz CT molecular complexity index is 1180. The molecule has 2 aromatic rings. The number of aromatic carboxylic acids is 1. The number of hydrogen-bond acceptors (Lipinski definition) is 6. The van der Waals surface area contributed by atoms with Crippen LogP contribution < -0.4 is 9.62 Å². The molecule has 0 atom stereocenters. The number of nitrogens with one attached hydrogen (secondary N) is 1. The zero-order chi connectivity index (χ0) is 27.1. The van der Waals surface area contributed by atoms with Crippen molar-refractivity contribution in [3.8, 4) is 0 Å². The van der Waals surface area contributed by atoms with Crippen LogP contribution >= 0.6 is 0 Å². The summed E-state index contributed by atoms with van der Waals surface area (Å²) in [4.78, 5) is 24.7. The van der Waals surface area contributed by atoms with E-state index in [1.54, 1.807) is 18.2 Å². The van der Waals surface area contributed by atoms with Gasteiger partial charge in [-0.25, -0.2) is 22.4 Å². The highest BCUT2D eigenvalue weighted by Crippen LogP contribution is 2.26. The number of carboxylic acid groups (broad SMARTS) is 2. The van der Waals surface area contributed by atoms with E-state index in [1.165, 1.54) is 25.1 Å².